The van der Waals surface area contributed by atoms with E-state index >= 15 is 0 Å². The molecule has 1 N–H and O–H groups in total. The lowest BCUT2D eigenvalue weighted by atomic mass is 9.97. The minimum atomic E-state index is -3.67. The van der Waals surface area contributed by atoms with Crippen LogP contribution in [0.1, 0.15) is 45.7 Å². The summed E-state index contributed by atoms with van der Waals surface area (Å²) in [6.07, 6.45) is 1.02. The fourth-order valence-electron chi connectivity index (χ4n) is 5.36. The Hall–Kier alpha value is -1.85. The molecular formula is C25H40ClN5O4S. The van der Waals surface area contributed by atoms with Crippen molar-refractivity contribution in [2.75, 3.05) is 59.6 Å². The first-order valence-corrected chi connectivity index (χ1v) is 14.1. The van der Waals surface area contributed by atoms with Crippen LogP contribution in [0.15, 0.2) is 34.4 Å². The number of nitrogens with zero attached hydrogens (tertiary/aromatic N) is 4. The molecule has 1 aromatic rings. The predicted octanol–water partition coefficient (Wildman–Crippen LogP) is 2.26. The van der Waals surface area contributed by atoms with Crippen LogP contribution in [-0.4, -0.2) is 99.0 Å². The summed E-state index contributed by atoms with van der Waals surface area (Å²) in [6, 6.07) is 5.04. The molecule has 11 heteroatoms. The number of carbonyl (C=O) groups excluding carboxylic acids is 1. The standard InChI is InChI=1S/C25H39N5O4S.ClH/c1-6-10-28-16-21-23(26-25(31)24(21)27(5)17-28)20-15-19(8-9-22(20)34-7-2)35(32,33)30-13-11-29(12-14-30)18(3)4;/h8-9,15,18,23H,6-7,10-14,16-17H2,1-5H3,(H,26,31);1H. The number of nitrogens with one attached hydrogen (secondary N) is 1. The van der Waals surface area contributed by atoms with Crippen LogP contribution < -0.4 is 10.1 Å². The second-order valence-corrected chi connectivity index (χ2v) is 11.8. The zero-order chi connectivity index (χ0) is 25.3. The molecule has 0 aromatic heterocycles. The minimum Gasteiger partial charge on any atom is -0.494 e. The topological polar surface area (TPSA) is 85.4 Å². The van der Waals surface area contributed by atoms with Gasteiger partial charge in [0.05, 0.1) is 24.2 Å². The molecule has 1 atom stereocenters. The zero-order valence-electron chi connectivity index (χ0n) is 22.0. The van der Waals surface area contributed by atoms with Crippen LogP contribution in [0, 0.1) is 0 Å². The summed E-state index contributed by atoms with van der Waals surface area (Å²) in [5.74, 6) is 0.481. The first kappa shape index (κ1) is 28.7. The van der Waals surface area contributed by atoms with E-state index in [2.05, 4.69) is 35.9 Å². The van der Waals surface area contributed by atoms with E-state index in [4.69, 9.17) is 4.74 Å². The lowest BCUT2D eigenvalue weighted by Crippen LogP contribution is -2.50. The molecule has 3 heterocycles. The third-order valence-electron chi connectivity index (χ3n) is 7.10. The van der Waals surface area contributed by atoms with E-state index in [1.165, 1.54) is 0 Å². The Bertz CT molecular complexity index is 1090. The molecule has 0 bridgehead atoms. The number of carbonyl (C=O) groups is 1. The van der Waals surface area contributed by atoms with E-state index in [0.29, 0.717) is 56.0 Å². The third-order valence-corrected chi connectivity index (χ3v) is 9.00. The van der Waals surface area contributed by atoms with Gasteiger partial charge < -0.3 is 15.0 Å². The highest BCUT2D eigenvalue weighted by Crippen LogP contribution is 2.39. The van der Waals surface area contributed by atoms with E-state index in [-0.39, 0.29) is 23.2 Å². The molecule has 3 aliphatic rings. The van der Waals surface area contributed by atoms with Crippen molar-refractivity contribution >= 4 is 28.3 Å². The minimum absolute atomic E-state index is 0. The molecule has 0 saturated carbocycles. The summed E-state index contributed by atoms with van der Waals surface area (Å²) in [5.41, 5.74) is 2.35. The van der Waals surface area contributed by atoms with E-state index in [1.54, 1.807) is 22.5 Å². The van der Waals surface area contributed by atoms with Crippen LogP contribution in [0.2, 0.25) is 0 Å². The molecule has 0 spiro atoms. The summed E-state index contributed by atoms with van der Waals surface area (Å²) in [6.45, 7) is 13.4. The first-order valence-electron chi connectivity index (χ1n) is 12.7. The van der Waals surface area contributed by atoms with Gasteiger partial charge in [-0.3, -0.25) is 14.6 Å². The van der Waals surface area contributed by atoms with Gasteiger partial charge >= 0.3 is 0 Å². The van der Waals surface area contributed by atoms with E-state index < -0.39 is 16.1 Å². The van der Waals surface area contributed by atoms with Crippen molar-refractivity contribution in [3.8, 4) is 5.75 Å². The summed E-state index contributed by atoms with van der Waals surface area (Å²) >= 11 is 0. The molecule has 9 nitrogen and oxygen atoms in total. The summed E-state index contributed by atoms with van der Waals surface area (Å²) in [4.78, 5) is 19.8. The van der Waals surface area contributed by atoms with E-state index in [9.17, 15) is 13.2 Å². The molecule has 1 unspecified atom stereocenters. The third kappa shape index (κ3) is 5.52. The second kappa shape index (κ2) is 11.7. The van der Waals surface area contributed by atoms with Crippen molar-refractivity contribution in [3.63, 3.8) is 0 Å². The van der Waals surface area contributed by atoms with Crippen LogP contribution >= 0.6 is 12.4 Å². The van der Waals surface area contributed by atoms with Crippen LogP contribution in [-0.2, 0) is 14.8 Å². The quantitative estimate of drug-likeness (QED) is 0.540. The number of rotatable bonds is 8. The maximum Gasteiger partial charge on any atom is 0.268 e. The predicted molar refractivity (Wildman–Crippen MR) is 143 cm³/mol. The number of likely N-dealkylation sites (N-methyl/N-ethyl adjacent to an activating group) is 1. The van der Waals surface area contributed by atoms with Gasteiger partial charge in [0, 0.05) is 51.4 Å². The van der Waals surface area contributed by atoms with Gasteiger partial charge in [0.1, 0.15) is 11.4 Å². The Labute approximate surface area is 221 Å². The first-order chi connectivity index (χ1) is 16.7. The van der Waals surface area contributed by atoms with Gasteiger partial charge in [-0.05, 0) is 57.5 Å². The molecule has 1 aromatic carbocycles. The molecule has 1 saturated heterocycles. The van der Waals surface area contributed by atoms with Gasteiger partial charge in [0.25, 0.3) is 5.91 Å². The average Bonchev–Trinajstić information content (AvgIpc) is 3.16. The Morgan fingerprint density at radius 2 is 1.83 bits per heavy atom. The normalized spacial score (nSPS) is 22.0. The zero-order valence-corrected chi connectivity index (χ0v) is 23.6. The van der Waals surface area contributed by atoms with E-state index in [1.807, 2.05) is 18.9 Å². The monoisotopic (exact) mass is 541 g/mol. The van der Waals surface area contributed by atoms with Crippen molar-refractivity contribution in [1.82, 2.24) is 24.3 Å². The van der Waals surface area contributed by atoms with E-state index in [0.717, 1.165) is 31.6 Å². The van der Waals surface area contributed by atoms with Crippen molar-refractivity contribution in [1.29, 1.82) is 0 Å². The summed E-state index contributed by atoms with van der Waals surface area (Å²) in [5, 5.41) is 3.10. The number of benzene rings is 1. The number of ether oxygens (including phenoxy) is 1. The highest BCUT2D eigenvalue weighted by atomic mass is 35.5. The number of sulfonamides is 1. The molecule has 36 heavy (non-hydrogen) atoms. The van der Waals surface area contributed by atoms with Crippen LogP contribution in [0.4, 0.5) is 0 Å². The number of piperazine rings is 1. The van der Waals surface area contributed by atoms with Crippen LogP contribution in [0.5, 0.6) is 5.75 Å². The fourth-order valence-corrected chi connectivity index (χ4v) is 6.81. The highest BCUT2D eigenvalue weighted by Gasteiger charge is 2.40. The van der Waals surface area contributed by atoms with Gasteiger partial charge in [-0.1, -0.05) is 6.92 Å². The molecule has 0 radical (unpaired) electrons. The van der Waals surface area contributed by atoms with Crippen LogP contribution in [0.25, 0.3) is 0 Å². The lowest BCUT2D eigenvalue weighted by molar-refractivity contribution is -0.118. The molecular weight excluding hydrogens is 502 g/mol. The Kier molecular flexibility index (Phi) is 9.32. The van der Waals surface area contributed by atoms with Crippen molar-refractivity contribution in [2.45, 2.75) is 51.1 Å². The molecule has 4 rings (SSSR count). The van der Waals surface area contributed by atoms with Gasteiger partial charge in [-0.15, -0.1) is 12.4 Å². The maximum absolute atomic E-state index is 13.6. The summed E-state index contributed by atoms with van der Waals surface area (Å²) < 4.78 is 34.6. The highest BCUT2D eigenvalue weighted by molar-refractivity contribution is 7.89. The second-order valence-electron chi connectivity index (χ2n) is 9.84. The molecule has 1 fully saturated rings. The van der Waals surface area contributed by atoms with Gasteiger partial charge in [0.2, 0.25) is 10.0 Å². The van der Waals surface area contributed by atoms with Crippen LogP contribution in [0.3, 0.4) is 0 Å². The maximum atomic E-state index is 13.6. The van der Waals surface area contributed by atoms with Gasteiger partial charge in [-0.2, -0.15) is 4.31 Å². The van der Waals surface area contributed by atoms with Gasteiger partial charge in [-0.25, -0.2) is 8.42 Å². The molecule has 0 aliphatic carbocycles. The number of halogens is 1. The van der Waals surface area contributed by atoms with Gasteiger partial charge in [0.15, 0.2) is 0 Å². The Balaban J connectivity index is 0.00000361. The molecule has 202 valence electrons. The molecule has 3 aliphatic heterocycles. The molecule has 1 amide bonds. The smallest absolute Gasteiger partial charge is 0.268 e. The Morgan fingerprint density at radius 1 is 1.14 bits per heavy atom. The number of hydrogen-bond acceptors (Lipinski definition) is 7. The Morgan fingerprint density at radius 3 is 2.44 bits per heavy atom. The largest absolute Gasteiger partial charge is 0.494 e. The lowest BCUT2D eigenvalue weighted by Gasteiger charge is -2.36. The van der Waals surface area contributed by atoms with Crippen molar-refractivity contribution in [2.24, 2.45) is 0 Å². The fraction of sp³-hybridized carbons (Fsp3) is 0.640. The van der Waals surface area contributed by atoms with Crippen molar-refractivity contribution in [3.05, 3.63) is 35.0 Å². The number of hydrogen-bond donors (Lipinski definition) is 1. The average molecular weight is 542 g/mol. The SMILES string of the molecule is CCCN1CC2=C(C(=O)NC2c2cc(S(=O)(=O)N3CCN(C(C)C)CC3)ccc2OCC)N(C)C1.Cl. The summed E-state index contributed by atoms with van der Waals surface area (Å²) in [7, 11) is -1.74. The van der Waals surface area contributed by atoms with Crippen molar-refractivity contribution < 1.29 is 17.9 Å². The number of amides is 1.